The summed E-state index contributed by atoms with van der Waals surface area (Å²) in [5.74, 6) is 1.70. The van der Waals surface area contributed by atoms with Gasteiger partial charge in [0.1, 0.15) is 5.75 Å². The Balaban J connectivity index is 1.98. The zero-order valence-electron chi connectivity index (χ0n) is 12.8. The Morgan fingerprint density at radius 3 is 2.65 bits per heavy atom. The number of hydrogen-bond donors (Lipinski definition) is 0. The second-order valence-corrected chi connectivity index (χ2v) is 5.75. The van der Waals surface area contributed by atoms with Crippen LogP contribution in [0.15, 0.2) is 18.2 Å². The van der Waals surface area contributed by atoms with Crippen LogP contribution >= 0.6 is 0 Å². The molecular weight excluding hydrogens is 250 g/mol. The summed E-state index contributed by atoms with van der Waals surface area (Å²) in [7, 11) is 1.62. The quantitative estimate of drug-likeness (QED) is 0.772. The van der Waals surface area contributed by atoms with Crippen LogP contribution < -0.4 is 4.74 Å². The molecule has 0 radical (unpaired) electrons. The number of hydrogen-bond acceptors (Lipinski definition) is 3. The number of carbonyl (C=O) groups is 1. The fourth-order valence-electron chi connectivity index (χ4n) is 2.87. The van der Waals surface area contributed by atoms with E-state index in [1.807, 2.05) is 25.1 Å². The zero-order chi connectivity index (χ0) is 14.5. The number of benzene rings is 1. The van der Waals surface area contributed by atoms with E-state index in [9.17, 15) is 4.79 Å². The first-order valence-corrected chi connectivity index (χ1v) is 7.54. The van der Waals surface area contributed by atoms with Gasteiger partial charge in [-0.05, 0) is 56.5 Å². The van der Waals surface area contributed by atoms with E-state index in [0.29, 0.717) is 17.9 Å². The van der Waals surface area contributed by atoms with Crippen molar-refractivity contribution in [1.82, 2.24) is 4.90 Å². The highest BCUT2D eigenvalue weighted by molar-refractivity contribution is 6.00. The van der Waals surface area contributed by atoms with Gasteiger partial charge in [0.15, 0.2) is 5.78 Å². The van der Waals surface area contributed by atoms with Crippen molar-refractivity contribution < 1.29 is 9.53 Å². The lowest BCUT2D eigenvalue weighted by Gasteiger charge is -2.30. The first-order chi connectivity index (χ1) is 9.63. The van der Waals surface area contributed by atoms with Crippen molar-refractivity contribution >= 4 is 5.78 Å². The topological polar surface area (TPSA) is 29.5 Å². The molecule has 20 heavy (non-hydrogen) atoms. The Morgan fingerprint density at radius 1 is 1.35 bits per heavy atom. The molecule has 0 spiro atoms. The van der Waals surface area contributed by atoms with Gasteiger partial charge in [0.25, 0.3) is 0 Å². The van der Waals surface area contributed by atoms with Crippen molar-refractivity contribution in [3.63, 3.8) is 0 Å². The molecule has 0 aromatic heterocycles. The monoisotopic (exact) mass is 275 g/mol. The molecule has 2 rings (SSSR count). The predicted molar refractivity (Wildman–Crippen MR) is 81.5 cm³/mol. The molecule has 0 saturated carbocycles. The van der Waals surface area contributed by atoms with Crippen molar-refractivity contribution in [3.8, 4) is 5.75 Å². The summed E-state index contributed by atoms with van der Waals surface area (Å²) in [6, 6.07) is 5.78. The summed E-state index contributed by atoms with van der Waals surface area (Å²) in [6.07, 6.45) is 3.69. The van der Waals surface area contributed by atoms with E-state index in [2.05, 4.69) is 11.8 Å². The summed E-state index contributed by atoms with van der Waals surface area (Å²) in [5.41, 5.74) is 1.82. The smallest absolute Gasteiger partial charge is 0.180 e. The molecule has 1 aliphatic rings. The molecular formula is C17H25NO2. The van der Waals surface area contributed by atoms with Crippen molar-refractivity contribution in [2.45, 2.75) is 33.1 Å². The molecule has 1 saturated heterocycles. The number of piperidine rings is 1. The van der Waals surface area contributed by atoms with E-state index in [1.54, 1.807) is 7.11 Å². The average molecular weight is 275 g/mol. The summed E-state index contributed by atoms with van der Waals surface area (Å²) in [4.78, 5) is 14.7. The van der Waals surface area contributed by atoms with E-state index < -0.39 is 0 Å². The van der Waals surface area contributed by atoms with Crippen LogP contribution in [0.1, 0.15) is 42.1 Å². The van der Waals surface area contributed by atoms with Gasteiger partial charge in [0, 0.05) is 0 Å². The molecule has 0 aliphatic carbocycles. The third kappa shape index (κ3) is 3.60. The molecule has 1 heterocycles. The number of carbonyl (C=O) groups excluding carboxylic acids is 1. The first-order valence-electron chi connectivity index (χ1n) is 7.54. The van der Waals surface area contributed by atoms with Crippen LogP contribution in [0, 0.1) is 12.8 Å². The van der Waals surface area contributed by atoms with Crippen molar-refractivity contribution in [1.29, 1.82) is 0 Å². The molecule has 110 valence electrons. The van der Waals surface area contributed by atoms with Gasteiger partial charge in [-0.2, -0.15) is 0 Å². The van der Waals surface area contributed by atoms with Gasteiger partial charge in [0.2, 0.25) is 0 Å². The number of aryl methyl sites for hydroxylation is 1. The lowest BCUT2D eigenvalue weighted by atomic mass is 9.94. The molecule has 1 aliphatic heterocycles. The highest BCUT2D eigenvalue weighted by Crippen LogP contribution is 2.23. The fourth-order valence-corrected chi connectivity index (χ4v) is 2.87. The van der Waals surface area contributed by atoms with Crippen LogP contribution in [0.5, 0.6) is 5.75 Å². The van der Waals surface area contributed by atoms with Crippen molar-refractivity contribution in [2.75, 3.05) is 26.7 Å². The van der Waals surface area contributed by atoms with Crippen LogP contribution in [0.2, 0.25) is 0 Å². The third-order valence-electron chi connectivity index (χ3n) is 4.31. The second kappa shape index (κ2) is 6.89. The maximum atomic E-state index is 12.4. The minimum atomic E-state index is 0.164. The number of ketones is 1. The molecule has 3 heteroatoms. The van der Waals surface area contributed by atoms with E-state index in [-0.39, 0.29) is 5.78 Å². The maximum absolute atomic E-state index is 12.4. The zero-order valence-corrected chi connectivity index (χ0v) is 12.8. The highest BCUT2D eigenvalue weighted by Gasteiger charge is 2.21. The van der Waals surface area contributed by atoms with Crippen molar-refractivity contribution in [3.05, 3.63) is 29.3 Å². The Bertz CT molecular complexity index is 462. The van der Waals surface area contributed by atoms with Gasteiger partial charge in [-0.3, -0.25) is 9.69 Å². The van der Waals surface area contributed by atoms with Crippen LogP contribution in [0.3, 0.4) is 0 Å². The molecule has 3 nitrogen and oxygen atoms in total. The molecule has 0 atom stereocenters. The average Bonchev–Trinajstić information content (AvgIpc) is 2.47. The van der Waals surface area contributed by atoms with Crippen LogP contribution in [-0.4, -0.2) is 37.4 Å². The number of methoxy groups -OCH3 is 1. The number of rotatable bonds is 5. The minimum Gasteiger partial charge on any atom is -0.496 e. The Labute approximate surface area is 121 Å². The lowest BCUT2D eigenvalue weighted by Crippen LogP contribution is -2.37. The number of ether oxygens (including phenoxy) is 1. The first kappa shape index (κ1) is 15.0. The molecule has 1 fully saturated rings. The normalized spacial score (nSPS) is 17.1. The predicted octanol–water partition coefficient (Wildman–Crippen LogP) is 3.31. The highest BCUT2D eigenvalue weighted by atomic mass is 16.5. The van der Waals surface area contributed by atoms with Gasteiger partial charge in [-0.15, -0.1) is 0 Å². The van der Waals surface area contributed by atoms with Crippen LogP contribution in [0.25, 0.3) is 0 Å². The van der Waals surface area contributed by atoms with E-state index in [1.165, 1.54) is 19.3 Å². The summed E-state index contributed by atoms with van der Waals surface area (Å²) < 4.78 is 5.33. The van der Waals surface area contributed by atoms with E-state index in [0.717, 1.165) is 24.6 Å². The minimum absolute atomic E-state index is 0.164. The molecule has 0 unspecified atom stereocenters. The van der Waals surface area contributed by atoms with E-state index >= 15 is 0 Å². The van der Waals surface area contributed by atoms with Gasteiger partial charge in [0.05, 0.1) is 19.2 Å². The Kier molecular flexibility index (Phi) is 5.18. The molecule has 0 N–H and O–H groups in total. The number of nitrogens with zero attached hydrogens (tertiary/aromatic N) is 1. The van der Waals surface area contributed by atoms with Crippen LogP contribution in [0.4, 0.5) is 0 Å². The van der Waals surface area contributed by atoms with Gasteiger partial charge in [-0.1, -0.05) is 19.4 Å². The summed E-state index contributed by atoms with van der Waals surface area (Å²) in [5, 5.41) is 0. The van der Waals surface area contributed by atoms with Crippen LogP contribution in [-0.2, 0) is 0 Å². The summed E-state index contributed by atoms with van der Waals surface area (Å²) in [6.45, 7) is 6.85. The Hall–Kier alpha value is -1.35. The fraction of sp³-hybridized carbons (Fsp3) is 0.588. The molecule has 0 bridgehead atoms. The van der Waals surface area contributed by atoms with E-state index in [4.69, 9.17) is 4.74 Å². The number of likely N-dealkylation sites (tertiary alicyclic amines) is 1. The molecule has 1 aromatic rings. The van der Waals surface area contributed by atoms with Gasteiger partial charge >= 0.3 is 0 Å². The second-order valence-electron chi connectivity index (χ2n) is 5.75. The lowest BCUT2D eigenvalue weighted by molar-refractivity contribution is 0.0891. The largest absolute Gasteiger partial charge is 0.496 e. The molecule has 0 amide bonds. The standard InChI is InChI=1S/C17H25NO2/c1-4-14-7-9-18(10-8-14)12-16(19)15-6-5-13(2)11-17(15)20-3/h5-6,11,14H,4,7-10,12H2,1-3H3. The van der Waals surface area contributed by atoms with Gasteiger partial charge in [-0.25, -0.2) is 0 Å². The Morgan fingerprint density at radius 2 is 2.05 bits per heavy atom. The third-order valence-corrected chi connectivity index (χ3v) is 4.31. The SMILES string of the molecule is CCC1CCN(CC(=O)c2ccc(C)cc2OC)CC1. The van der Waals surface area contributed by atoms with Crippen molar-refractivity contribution in [2.24, 2.45) is 5.92 Å². The maximum Gasteiger partial charge on any atom is 0.180 e. The molecule has 1 aromatic carbocycles. The van der Waals surface area contributed by atoms with Gasteiger partial charge < -0.3 is 4.74 Å². The summed E-state index contributed by atoms with van der Waals surface area (Å²) >= 11 is 0. The number of Topliss-reactive ketones (excluding diaryl/α,β-unsaturated/α-hetero) is 1.